The van der Waals surface area contributed by atoms with E-state index in [1.54, 1.807) is 50.4 Å². The molecule has 5 rings (SSSR count). The van der Waals surface area contributed by atoms with Gasteiger partial charge in [0, 0.05) is 26.9 Å². The van der Waals surface area contributed by atoms with E-state index in [0.717, 1.165) is 29.7 Å². The minimum absolute atomic E-state index is 0.107. The fraction of sp³-hybridized carbons (Fsp3) is 0.250. The normalized spacial score (nSPS) is 14.7. The van der Waals surface area contributed by atoms with E-state index in [-0.39, 0.29) is 12.3 Å². The van der Waals surface area contributed by atoms with Crippen LogP contribution in [0.4, 0.5) is 5.69 Å². The minimum atomic E-state index is -2.56. The van der Waals surface area contributed by atoms with Crippen molar-refractivity contribution in [2.75, 3.05) is 12.4 Å². The number of nitrogens with one attached hydrogen (secondary N) is 1. The van der Waals surface area contributed by atoms with E-state index < -0.39 is 21.4 Å². The van der Waals surface area contributed by atoms with Gasteiger partial charge in [-0.1, -0.05) is 52.6 Å². The number of hydrogen-bond donors (Lipinski definition) is 2. The monoisotopic (exact) mass is 585 g/mol. The highest BCUT2D eigenvalue weighted by Gasteiger charge is 2.52. The van der Waals surface area contributed by atoms with Crippen molar-refractivity contribution >= 4 is 45.5 Å². The Morgan fingerprint density at radius 3 is 2.28 bits per heavy atom. The van der Waals surface area contributed by atoms with Crippen molar-refractivity contribution in [3.63, 3.8) is 0 Å². The molecule has 0 bridgehead atoms. The fourth-order valence-electron chi connectivity index (χ4n) is 4.51. The molecule has 39 heavy (non-hydrogen) atoms. The predicted octanol–water partition coefficient (Wildman–Crippen LogP) is 5.99. The fourth-order valence-corrected chi connectivity index (χ4v) is 5.77. The summed E-state index contributed by atoms with van der Waals surface area (Å²) in [5, 5.41) is 7.29. The van der Waals surface area contributed by atoms with E-state index in [2.05, 4.69) is 15.5 Å². The first-order valence-electron chi connectivity index (χ1n) is 12.2. The molecule has 11 heteroatoms. The van der Waals surface area contributed by atoms with Gasteiger partial charge in [0.25, 0.3) is 5.89 Å². The summed E-state index contributed by atoms with van der Waals surface area (Å²) in [7, 11) is -0.957. The van der Waals surface area contributed by atoms with Crippen LogP contribution < -0.4 is 10.1 Å². The van der Waals surface area contributed by atoms with Crippen molar-refractivity contribution in [1.29, 1.82) is 0 Å². The first kappa shape index (κ1) is 27.2. The van der Waals surface area contributed by atoms with Crippen molar-refractivity contribution < 1.29 is 22.5 Å². The molecule has 8 nitrogen and oxygen atoms in total. The maximum Gasteiger partial charge on any atom is 0.257 e. The van der Waals surface area contributed by atoms with Crippen molar-refractivity contribution in [1.82, 2.24) is 10.1 Å². The van der Waals surface area contributed by atoms with Gasteiger partial charge in [0.1, 0.15) is 16.5 Å². The molecule has 1 heterocycles. The second-order valence-electron chi connectivity index (χ2n) is 9.48. The first-order chi connectivity index (χ1) is 18.7. The SMILES string of the molecule is COc1ccc(-c2nc(C3(c4c(Cl)cc(NC(=O)Cc5ccc(C(C)[SH](=O)=O)cc5)cc4Cl)CC3)no2)cc1. The zero-order valence-electron chi connectivity index (χ0n) is 21.1. The Balaban J connectivity index is 1.31. The number of halogens is 2. The first-order valence-corrected chi connectivity index (χ1v) is 14.2. The molecule has 0 saturated heterocycles. The summed E-state index contributed by atoms with van der Waals surface area (Å²) in [4.78, 5) is 17.3. The molecule has 1 aliphatic rings. The number of ether oxygens (including phenoxy) is 1. The number of benzene rings is 3. The van der Waals surface area contributed by atoms with Gasteiger partial charge in [-0.2, -0.15) is 4.98 Å². The highest BCUT2D eigenvalue weighted by molar-refractivity contribution is 7.72. The van der Waals surface area contributed by atoms with Crippen LogP contribution in [0.5, 0.6) is 5.75 Å². The van der Waals surface area contributed by atoms with Crippen molar-refractivity contribution in [2.45, 2.75) is 36.9 Å². The summed E-state index contributed by atoms with van der Waals surface area (Å²) in [6.45, 7) is 1.62. The van der Waals surface area contributed by atoms with E-state index in [9.17, 15) is 13.2 Å². The Bertz CT molecular complexity index is 1570. The van der Waals surface area contributed by atoms with E-state index in [1.807, 2.05) is 24.3 Å². The molecule has 1 saturated carbocycles. The minimum Gasteiger partial charge on any atom is -0.497 e. The number of amides is 1. The Kier molecular flexibility index (Phi) is 7.66. The number of nitrogens with zero attached hydrogens (tertiary/aromatic N) is 2. The van der Waals surface area contributed by atoms with Crippen LogP contribution in [-0.4, -0.2) is 31.6 Å². The second kappa shape index (κ2) is 11.0. The van der Waals surface area contributed by atoms with Crippen LogP contribution in [0.1, 0.15) is 47.5 Å². The van der Waals surface area contributed by atoms with Crippen LogP contribution in [0, 0.1) is 0 Å². The van der Waals surface area contributed by atoms with Gasteiger partial charge in [-0.25, -0.2) is 8.42 Å². The molecule has 1 aromatic heterocycles. The summed E-state index contributed by atoms with van der Waals surface area (Å²) in [6, 6.07) is 17.6. The lowest BCUT2D eigenvalue weighted by Gasteiger charge is -2.17. The average Bonchev–Trinajstić information content (AvgIpc) is 3.54. The molecule has 4 aromatic rings. The van der Waals surface area contributed by atoms with E-state index in [1.165, 1.54) is 0 Å². The van der Waals surface area contributed by atoms with Gasteiger partial charge in [-0.05, 0) is 67.3 Å². The summed E-state index contributed by atoms with van der Waals surface area (Å²) >= 11 is 13.4. The molecule has 1 fully saturated rings. The lowest BCUT2D eigenvalue weighted by atomic mass is 9.94. The molecule has 1 unspecified atom stereocenters. The van der Waals surface area contributed by atoms with Crippen LogP contribution in [0.2, 0.25) is 10.0 Å². The maximum atomic E-state index is 12.7. The molecule has 0 aliphatic heterocycles. The Hall–Kier alpha value is -3.40. The molecular formula is C28H25Cl2N3O5S. The van der Waals surface area contributed by atoms with Gasteiger partial charge in [-0.15, -0.1) is 0 Å². The van der Waals surface area contributed by atoms with Crippen LogP contribution >= 0.6 is 23.2 Å². The van der Waals surface area contributed by atoms with Crippen LogP contribution in [0.3, 0.4) is 0 Å². The second-order valence-corrected chi connectivity index (χ2v) is 11.6. The van der Waals surface area contributed by atoms with Crippen molar-refractivity contribution in [3.8, 4) is 17.2 Å². The standard InChI is InChI=1S/C28H25Cl2N3O5S/c1-16(39(35)36)18-5-3-17(4-6-18)13-24(34)31-20-14-22(29)25(23(30)15-20)28(11-12-28)27-32-26(38-33-27)19-7-9-21(37-2)10-8-19/h3-10,14-16,39H,11-13H2,1-2H3,(H,31,34). The molecule has 1 amide bonds. The van der Waals surface area contributed by atoms with E-state index in [4.69, 9.17) is 32.5 Å². The largest absolute Gasteiger partial charge is 0.497 e. The molecule has 1 aliphatic carbocycles. The summed E-state index contributed by atoms with van der Waals surface area (Å²) in [6.07, 6.45) is 1.62. The third-order valence-electron chi connectivity index (χ3n) is 6.89. The summed E-state index contributed by atoms with van der Waals surface area (Å²) in [5.74, 6) is 1.37. The summed E-state index contributed by atoms with van der Waals surface area (Å²) in [5.41, 5.74) is 2.81. The zero-order valence-corrected chi connectivity index (χ0v) is 23.5. The lowest BCUT2D eigenvalue weighted by molar-refractivity contribution is -0.115. The predicted molar refractivity (Wildman–Crippen MR) is 150 cm³/mol. The molecule has 1 atom stereocenters. The summed E-state index contributed by atoms with van der Waals surface area (Å²) < 4.78 is 33.2. The maximum absolute atomic E-state index is 12.7. The van der Waals surface area contributed by atoms with Crippen molar-refractivity contribution in [3.05, 3.63) is 93.2 Å². The third kappa shape index (κ3) is 5.66. The van der Waals surface area contributed by atoms with Gasteiger partial charge >= 0.3 is 0 Å². The topological polar surface area (TPSA) is 111 Å². The number of carbonyl (C=O) groups is 1. The van der Waals surface area contributed by atoms with Gasteiger partial charge in [-0.3, -0.25) is 4.79 Å². The average molecular weight is 586 g/mol. The number of anilines is 1. The number of hydrogen-bond acceptors (Lipinski definition) is 7. The van der Waals surface area contributed by atoms with E-state index in [0.29, 0.717) is 38.6 Å². The quantitative estimate of drug-likeness (QED) is 0.232. The van der Waals surface area contributed by atoms with Gasteiger partial charge in [0.15, 0.2) is 5.82 Å². The molecular weight excluding hydrogens is 561 g/mol. The number of aromatic nitrogens is 2. The molecule has 3 aromatic carbocycles. The van der Waals surface area contributed by atoms with Gasteiger partial charge in [0.05, 0.1) is 24.2 Å². The number of rotatable bonds is 9. The lowest BCUT2D eigenvalue weighted by Crippen LogP contribution is -2.16. The number of carbonyl (C=O) groups excluding carboxylic acids is 1. The van der Waals surface area contributed by atoms with Crippen LogP contribution in [0.15, 0.2) is 65.2 Å². The Morgan fingerprint density at radius 1 is 1.08 bits per heavy atom. The van der Waals surface area contributed by atoms with Crippen molar-refractivity contribution in [2.24, 2.45) is 0 Å². The van der Waals surface area contributed by atoms with E-state index >= 15 is 0 Å². The zero-order chi connectivity index (χ0) is 27.7. The molecule has 202 valence electrons. The Morgan fingerprint density at radius 2 is 1.72 bits per heavy atom. The highest BCUT2D eigenvalue weighted by atomic mass is 35.5. The van der Waals surface area contributed by atoms with Gasteiger partial charge in [0.2, 0.25) is 5.91 Å². The Labute approximate surface area is 237 Å². The smallest absolute Gasteiger partial charge is 0.257 e. The highest BCUT2D eigenvalue weighted by Crippen LogP contribution is 2.57. The van der Waals surface area contributed by atoms with Crippen LogP contribution in [-0.2, 0) is 27.3 Å². The third-order valence-corrected chi connectivity index (χ3v) is 8.42. The van der Waals surface area contributed by atoms with Gasteiger partial charge < -0.3 is 14.6 Å². The number of thiol groups is 1. The number of methoxy groups -OCH3 is 1. The molecule has 1 N–H and O–H groups in total. The molecule has 0 radical (unpaired) electrons. The molecule has 0 spiro atoms. The van der Waals surface area contributed by atoms with Crippen LogP contribution in [0.25, 0.3) is 11.5 Å².